The molecule has 1 unspecified atom stereocenters. The first kappa shape index (κ1) is 16.5. The Kier molecular flexibility index (Phi) is 5.82. The Morgan fingerprint density at radius 3 is 2.38 bits per heavy atom. The van der Waals surface area contributed by atoms with Crippen LogP contribution >= 0.6 is 0 Å². The highest BCUT2D eigenvalue weighted by Gasteiger charge is 2.45. The summed E-state index contributed by atoms with van der Waals surface area (Å²) >= 11 is 0. The minimum Gasteiger partial charge on any atom is -0.309 e. The van der Waals surface area contributed by atoms with Gasteiger partial charge in [0.1, 0.15) is 0 Å². The van der Waals surface area contributed by atoms with Gasteiger partial charge in [-0.15, -0.1) is 0 Å². The number of likely N-dealkylation sites (N-methyl/N-ethyl adjacent to an activating group) is 2. The van der Waals surface area contributed by atoms with E-state index in [-0.39, 0.29) is 5.54 Å². The molecule has 120 valence electrons. The predicted molar refractivity (Wildman–Crippen MR) is 88.4 cm³/mol. The lowest BCUT2D eigenvalue weighted by Gasteiger charge is -2.46. The van der Waals surface area contributed by atoms with Gasteiger partial charge in [-0.25, -0.2) is 0 Å². The van der Waals surface area contributed by atoms with Crippen LogP contribution in [0.3, 0.4) is 0 Å². The van der Waals surface area contributed by atoms with Crippen LogP contribution in [-0.4, -0.2) is 39.9 Å². The van der Waals surface area contributed by atoms with Crippen LogP contribution in [-0.2, 0) is 6.54 Å². The smallest absolute Gasteiger partial charge is 0.0538 e. The van der Waals surface area contributed by atoms with Crippen molar-refractivity contribution in [3.05, 3.63) is 18.0 Å². The third kappa shape index (κ3) is 3.16. The second-order valence-corrected chi connectivity index (χ2v) is 6.10. The monoisotopic (exact) mass is 292 g/mol. The van der Waals surface area contributed by atoms with E-state index in [9.17, 15) is 0 Å². The normalized spacial score (nSPS) is 19.3. The number of hydrogen-bond acceptors (Lipinski definition) is 3. The van der Waals surface area contributed by atoms with Crippen LogP contribution in [0.15, 0.2) is 12.4 Å². The zero-order chi connectivity index (χ0) is 15.3. The van der Waals surface area contributed by atoms with Crippen molar-refractivity contribution in [3.8, 4) is 0 Å². The summed E-state index contributed by atoms with van der Waals surface area (Å²) in [5, 5.41) is 8.28. The van der Waals surface area contributed by atoms with Crippen LogP contribution in [0.2, 0.25) is 0 Å². The van der Waals surface area contributed by atoms with E-state index in [0.29, 0.717) is 6.04 Å². The summed E-state index contributed by atoms with van der Waals surface area (Å²) in [4.78, 5) is 2.68. The van der Waals surface area contributed by atoms with Crippen molar-refractivity contribution < 1.29 is 0 Å². The topological polar surface area (TPSA) is 33.1 Å². The van der Waals surface area contributed by atoms with E-state index >= 15 is 0 Å². The number of aromatic nitrogens is 2. The molecule has 1 N–H and O–H groups in total. The molecule has 1 saturated carbocycles. The molecule has 0 spiro atoms. The van der Waals surface area contributed by atoms with Gasteiger partial charge in [0.05, 0.1) is 12.2 Å². The van der Waals surface area contributed by atoms with Crippen LogP contribution in [0.25, 0.3) is 0 Å². The van der Waals surface area contributed by atoms with Crippen LogP contribution in [0.1, 0.15) is 65.0 Å². The largest absolute Gasteiger partial charge is 0.309 e. The second kappa shape index (κ2) is 7.41. The molecule has 2 rings (SSSR count). The molecule has 1 aromatic heterocycles. The van der Waals surface area contributed by atoms with Crippen molar-refractivity contribution in [1.82, 2.24) is 20.0 Å². The number of hydrogen-bond donors (Lipinski definition) is 1. The molecule has 0 bridgehead atoms. The van der Waals surface area contributed by atoms with E-state index in [4.69, 9.17) is 0 Å². The van der Waals surface area contributed by atoms with Gasteiger partial charge in [0.2, 0.25) is 0 Å². The van der Waals surface area contributed by atoms with E-state index in [0.717, 1.165) is 26.2 Å². The minimum atomic E-state index is 0.265. The Balaban J connectivity index is 2.36. The Hall–Kier alpha value is -0.870. The Morgan fingerprint density at radius 1 is 1.24 bits per heavy atom. The van der Waals surface area contributed by atoms with Gasteiger partial charge in [0, 0.05) is 23.8 Å². The first-order chi connectivity index (χ1) is 10.2. The fraction of sp³-hybridized carbons (Fsp3) is 0.824. The summed E-state index contributed by atoms with van der Waals surface area (Å²) in [5.41, 5.74) is 1.62. The average molecular weight is 292 g/mol. The molecule has 0 amide bonds. The van der Waals surface area contributed by atoms with Gasteiger partial charge in [0.15, 0.2) is 0 Å². The molecular weight excluding hydrogens is 260 g/mol. The van der Waals surface area contributed by atoms with Gasteiger partial charge in [-0.2, -0.15) is 5.10 Å². The van der Waals surface area contributed by atoms with Crippen LogP contribution in [0.4, 0.5) is 0 Å². The first-order valence-corrected chi connectivity index (χ1v) is 8.72. The Morgan fingerprint density at radius 2 is 1.90 bits per heavy atom. The van der Waals surface area contributed by atoms with Crippen molar-refractivity contribution in [1.29, 1.82) is 0 Å². The lowest BCUT2D eigenvalue weighted by Crippen LogP contribution is -2.55. The van der Waals surface area contributed by atoms with E-state index in [1.807, 2.05) is 4.68 Å². The van der Waals surface area contributed by atoms with Gasteiger partial charge in [-0.1, -0.05) is 33.6 Å². The number of rotatable bonds is 8. The fourth-order valence-electron chi connectivity index (χ4n) is 4.15. The molecular formula is C17H32N4. The maximum absolute atomic E-state index is 4.51. The van der Waals surface area contributed by atoms with Crippen molar-refractivity contribution in [2.45, 2.75) is 71.5 Å². The van der Waals surface area contributed by atoms with Crippen molar-refractivity contribution in [2.24, 2.45) is 0 Å². The zero-order valence-corrected chi connectivity index (χ0v) is 14.2. The molecule has 1 aromatic rings. The van der Waals surface area contributed by atoms with Gasteiger partial charge >= 0.3 is 0 Å². The van der Waals surface area contributed by atoms with Gasteiger partial charge in [0.25, 0.3) is 0 Å². The molecule has 21 heavy (non-hydrogen) atoms. The molecule has 0 radical (unpaired) electrons. The lowest BCUT2D eigenvalue weighted by atomic mass is 9.82. The highest BCUT2D eigenvalue weighted by atomic mass is 15.3. The zero-order valence-electron chi connectivity index (χ0n) is 14.2. The molecule has 1 aliphatic rings. The summed E-state index contributed by atoms with van der Waals surface area (Å²) in [6, 6.07) is 0.394. The third-order valence-electron chi connectivity index (χ3n) is 5.12. The van der Waals surface area contributed by atoms with Crippen LogP contribution in [0.5, 0.6) is 0 Å². The SMILES string of the molecule is CCNC(c1cnn(CC)c1)C1(N(CC)CC)CCCC1. The molecule has 1 heterocycles. The number of nitrogens with one attached hydrogen (secondary N) is 1. The maximum atomic E-state index is 4.51. The maximum Gasteiger partial charge on any atom is 0.0538 e. The summed E-state index contributed by atoms with van der Waals surface area (Å²) in [5.74, 6) is 0. The summed E-state index contributed by atoms with van der Waals surface area (Å²) in [6.07, 6.45) is 9.59. The molecule has 1 fully saturated rings. The molecule has 1 atom stereocenters. The first-order valence-electron chi connectivity index (χ1n) is 8.72. The highest BCUT2D eigenvalue weighted by Crippen LogP contribution is 2.44. The Bertz CT molecular complexity index is 416. The van der Waals surface area contributed by atoms with Gasteiger partial charge in [-0.3, -0.25) is 9.58 Å². The third-order valence-corrected chi connectivity index (χ3v) is 5.12. The van der Waals surface area contributed by atoms with Crippen LogP contribution in [0, 0.1) is 0 Å². The van der Waals surface area contributed by atoms with E-state index in [1.165, 1.54) is 31.2 Å². The molecule has 0 aromatic carbocycles. The fourth-order valence-corrected chi connectivity index (χ4v) is 4.15. The van der Waals surface area contributed by atoms with Crippen LogP contribution < -0.4 is 5.32 Å². The van der Waals surface area contributed by atoms with Crippen molar-refractivity contribution in [3.63, 3.8) is 0 Å². The van der Waals surface area contributed by atoms with Gasteiger partial charge in [-0.05, 0) is 39.4 Å². The molecule has 4 heteroatoms. The summed E-state index contributed by atoms with van der Waals surface area (Å²) in [6.45, 7) is 13.1. The minimum absolute atomic E-state index is 0.265. The van der Waals surface area contributed by atoms with Crippen molar-refractivity contribution in [2.75, 3.05) is 19.6 Å². The Labute approximate surface area is 129 Å². The highest BCUT2D eigenvalue weighted by molar-refractivity contribution is 5.19. The summed E-state index contributed by atoms with van der Waals surface area (Å²) < 4.78 is 2.05. The molecule has 0 saturated heterocycles. The van der Waals surface area contributed by atoms with E-state index in [2.05, 4.69) is 55.4 Å². The molecule has 4 nitrogen and oxygen atoms in total. The average Bonchev–Trinajstić information content (AvgIpc) is 3.16. The number of nitrogens with zero attached hydrogens (tertiary/aromatic N) is 3. The van der Waals surface area contributed by atoms with Gasteiger partial charge < -0.3 is 5.32 Å². The quantitative estimate of drug-likeness (QED) is 0.798. The lowest BCUT2D eigenvalue weighted by molar-refractivity contribution is 0.0632. The van der Waals surface area contributed by atoms with Crippen molar-refractivity contribution >= 4 is 0 Å². The van der Waals surface area contributed by atoms with E-state index in [1.54, 1.807) is 0 Å². The molecule has 1 aliphatic carbocycles. The van der Waals surface area contributed by atoms with E-state index < -0.39 is 0 Å². The standard InChI is InChI=1S/C17H32N4/c1-5-18-16(15-13-19-21(8-4)14-15)17(11-9-10-12-17)20(6-2)7-3/h13-14,16,18H,5-12H2,1-4H3. The summed E-state index contributed by atoms with van der Waals surface area (Å²) in [7, 11) is 0. The number of aryl methyl sites for hydroxylation is 1. The second-order valence-electron chi connectivity index (χ2n) is 6.10. The predicted octanol–water partition coefficient (Wildman–Crippen LogP) is 3.21. The molecule has 0 aliphatic heterocycles.